The molecule has 3 heterocycles. The molecule has 1 aliphatic heterocycles. The fourth-order valence-corrected chi connectivity index (χ4v) is 4.11. The highest BCUT2D eigenvalue weighted by Gasteiger charge is 2.22. The Morgan fingerprint density at radius 3 is 2.60 bits per heavy atom. The summed E-state index contributed by atoms with van der Waals surface area (Å²) >= 11 is 0. The van der Waals surface area contributed by atoms with E-state index in [-0.39, 0.29) is 5.91 Å². The summed E-state index contributed by atoms with van der Waals surface area (Å²) in [7, 11) is 3.76. The van der Waals surface area contributed by atoms with Gasteiger partial charge in [-0.1, -0.05) is 12.1 Å². The molecule has 0 bridgehead atoms. The Balaban J connectivity index is 1.68. The first-order valence-corrected chi connectivity index (χ1v) is 10.4. The number of piperazine rings is 1. The van der Waals surface area contributed by atoms with E-state index in [1.165, 1.54) is 0 Å². The molecule has 7 nitrogen and oxygen atoms in total. The molecule has 3 aromatic rings. The Kier molecular flexibility index (Phi) is 5.72. The number of benzene rings is 1. The van der Waals surface area contributed by atoms with Crippen LogP contribution in [0.4, 0.5) is 0 Å². The van der Waals surface area contributed by atoms with Gasteiger partial charge in [0.25, 0.3) is 0 Å². The van der Waals surface area contributed by atoms with Crippen molar-refractivity contribution < 1.29 is 9.53 Å². The first-order chi connectivity index (χ1) is 14.5. The summed E-state index contributed by atoms with van der Waals surface area (Å²) in [4.78, 5) is 21.7. The van der Waals surface area contributed by atoms with Crippen molar-refractivity contribution in [2.24, 2.45) is 0 Å². The molecule has 0 spiro atoms. The van der Waals surface area contributed by atoms with Crippen LogP contribution in [-0.4, -0.2) is 70.8 Å². The lowest BCUT2D eigenvalue weighted by molar-refractivity contribution is -0.133. The van der Waals surface area contributed by atoms with Crippen LogP contribution in [0.5, 0.6) is 5.75 Å². The van der Waals surface area contributed by atoms with E-state index in [0.717, 1.165) is 65.5 Å². The number of fused-ring (bicyclic) bond motifs is 1. The average Bonchev–Trinajstić information content (AvgIpc) is 3.11. The molecular weight excluding hydrogens is 378 g/mol. The van der Waals surface area contributed by atoms with Gasteiger partial charge in [0.1, 0.15) is 11.4 Å². The van der Waals surface area contributed by atoms with Crippen LogP contribution in [0.1, 0.15) is 17.7 Å². The van der Waals surface area contributed by atoms with E-state index < -0.39 is 0 Å². The molecule has 1 fully saturated rings. The predicted octanol–water partition coefficient (Wildman–Crippen LogP) is 2.89. The zero-order valence-electron chi connectivity index (χ0n) is 18.2. The summed E-state index contributed by atoms with van der Waals surface area (Å²) in [5.74, 6) is 0.951. The molecule has 0 unspecified atom stereocenters. The monoisotopic (exact) mass is 407 g/mol. The second kappa shape index (κ2) is 8.44. The molecule has 158 valence electrons. The molecule has 0 radical (unpaired) electrons. The molecular formula is C23H29N5O2. The number of ether oxygens (including phenoxy) is 1. The number of hydrogen-bond acceptors (Lipinski definition) is 5. The van der Waals surface area contributed by atoms with Crippen LogP contribution in [0.15, 0.2) is 30.3 Å². The van der Waals surface area contributed by atoms with E-state index >= 15 is 0 Å². The second-order valence-electron chi connectivity index (χ2n) is 7.99. The minimum absolute atomic E-state index is 0.176. The molecule has 30 heavy (non-hydrogen) atoms. The number of carbonyl (C=O) groups is 1. The smallest absolute Gasteiger partial charge is 0.224 e. The van der Waals surface area contributed by atoms with Crippen LogP contribution in [0.25, 0.3) is 22.3 Å². The number of aryl methyl sites for hydroxylation is 3. The van der Waals surface area contributed by atoms with Crippen LogP contribution in [0, 0.1) is 13.8 Å². The van der Waals surface area contributed by atoms with Gasteiger partial charge in [-0.3, -0.25) is 4.79 Å². The third-order valence-electron chi connectivity index (χ3n) is 5.78. The number of likely N-dealkylation sites (N-methyl/N-ethyl adjacent to an activating group) is 1. The van der Waals surface area contributed by atoms with Crippen molar-refractivity contribution in [3.63, 3.8) is 0 Å². The van der Waals surface area contributed by atoms with Crippen LogP contribution < -0.4 is 4.74 Å². The maximum Gasteiger partial charge on any atom is 0.224 e. The van der Waals surface area contributed by atoms with Gasteiger partial charge in [-0.25, -0.2) is 9.67 Å². The second-order valence-corrected chi connectivity index (χ2v) is 7.99. The molecule has 0 N–H and O–H groups in total. The number of amides is 1. The van der Waals surface area contributed by atoms with Crippen molar-refractivity contribution in [2.75, 3.05) is 40.3 Å². The van der Waals surface area contributed by atoms with Gasteiger partial charge < -0.3 is 14.5 Å². The Bertz CT molecular complexity index is 1070. The highest BCUT2D eigenvalue weighted by molar-refractivity contribution is 5.95. The third-order valence-corrected chi connectivity index (χ3v) is 5.78. The quantitative estimate of drug-likeness (QED) is 0.651. The molecule has 0 aliphatic carbocycles. The number of aromatic nitrogens is 3. The molecule has 1 aromatic carbocycles. The van der Waals surface area contributed by atoms with Crippen molar-refractivity contribution in [2.45, 2.75) is 26.8 Å². The highest BCUT2D eigenvalue weighted by Crippen LogP contribution is 2.35. The van der Waals surface area contributed by atoms with Crippen molar-refractivity contribution >= 4 is 16.9 Å². The first kappa shape index (κ1) is 20.3. The van der Waals surface area contributed by atoms with Gasteiger partial charge in [0, 0.05) is 43.9 Å². The number of carbonyl (C=O) groups excluding carboxylic acids is 1. The van der Waals surface area contributed by atoms with Gasteiger partial charge in [-0.2, -0.15) is 5.10 Å². The Morgan fingerprint density at radius 2 is 1.87 bits per heavy atom. The minimum atomic E-state index is 0.176. The van der Waals surface area contributed by atoms with Crippen LogP contribution in [0.2, 0.25) is 0 Å². The van der Waals surface area contributed by atoms with E-state index in [2.05, 4.69) is 24.9 Å². The van der Waals surface area contributed by atoms with Gasteiger partial charge >= 0.3 is 0 Å². The lowest BCUT2D eigenvalue weighted by Crippen LogP contribution is -2.47. The zero-order chi connectivity index (χ0) is 21.3. The van der Waals surface area contributed by atoms with E-state index in [4.69, 9.17) is 14.8 Å². The molecule has 4 rings (SSSR count). The SMILES string of the molecule is COc1ccccc1-c1nn(CCC(=O)N2CCN(C)CC2)c2nc(C)cc(C)c12. The van der Waals surface area contributed by atoms with Crippen molar-refractivity contribution in [1.82, 2.24) is 24.6 Å². The van der Waals surface area contributed by atoms with Gasteiger partial charge in [0.05, 0.1) is 19.0 Å². The minimum Gasteiger partial charge on any atom is -0.496 e. The molecule has 1 saturated heterocycles. The fourth-order valence-electron chi connectivity index (χ4n) is 4.11. The zero-order valence-corrected chi connectivity index (χ0v) is 18.2. The lowest BCUT2D eigenvalue weighted by Gasteiger charge is -2.32. The molecule has 2 aromatic heterocycles. The van der Waals surface area contributed by atoms with Gasteiger partial charge in [0.2, 0.25) is 5.91 Å². The average molecular weight is 408 g/mol. The van der Waals surface area contributed by atoms with Gasteiger partial charge in [-0.15, -0.1) is 0 Å². The summed E-state index contributed by atoms with van der Waals surface area (Å²) in [6.07, 6.45) is 0.417. The number of pyridine rings is 1. The Labute approximate surface area is 177 Å². The van der Waals surface area contributed by atoms with Crippen LogP contribution >= 0.6 is 0 Å². The summed E-state index contributed by atoms with van der Waals surface area (Å²) < 4.78 is 7.45. The molecule has 1 aliphatic rings. The standard InChI is InChI=1S/C23H29N5O2/c1-16-15-17(2)24-23-21(16)22(18-7-5-6-8-19(18)30-4)25-28(23)10-9-20(29)27-13-11-26(3)12-14-27/h5-8,15H,9-14H2,1-4H3. The maximum absolute atomic E-state index is 12.8. The summed E-state index contributed by atoms with van der Waals surface area (Å²) in [5.41, 5.74) is 4.66. The highest BCUT2D eigenvalue weighted by atomic mass is 16.5. The van der Waals surface area contributed by atoms with E-state index in [0.29, 0.717) is 13.0 Å². The third kappa shape index (κ3) is 3.89. The maximum atomic E-state index is 12.8. The van der Waals surface area contributed by atoms with Crippen molar-refractivity contribution in [3.05, 3.63) is 41.6 Å². The topological polar surface area (TPSA) is 63.5 Å². The number of rotatable bonds is 5. The van der Waals surface area contributed by atoms with E-state index in [9.17, 15) is 4.79 Å². The number of hydrogen-bond donors (Lipinski definition) is 0. The van der Waals surface area contributed by atoms with Gasteiger partial charge in [0.15, 0.2) is 5.65 Å². The first-order valence-electron chi connectivity index (χ1n) is 10.4. The fraction of sp³-hybridized carbons (Fsp3) is 0.435. The molecule has 0 saturated carbocycles. The van der Waals surface area contributed by atoms with E-state index in [1.54, 1.807) is 7.11 Å². The summed E-state index contributed by atoms with van der Waals surface area (Å²) in [6, 6.07) is 9.96. The number of para-hydroxylation sites is 1. The molecule has 7 heteroatoms. The lowest BCUT2D eigenvalue weighted by atomic mass is 10.0. The number of nitrogens with zero attached hydrogens (tertiary/aromatic N) is 5. The Morgan fingerprint density at radius 1 is 1.13 bits per heavy atom. The largest absolute Gasteiger partial charge is 0.496 e. The van der Waals surface area contributed by atoms with Gasteiger partial charge in [-0.05, 0) is 44.7 Å². The number of methoxy groups -OCH3 is 1. The Hall–Kier alpha value is -2.93. The summed E-state index contributed by atoms with van der Waals surface area (Å²) in [5, 5.41) is 5.91. The van der Waals surface area contributed by atoms with E-state index in [1.807, 2.05) is 40.8 Å². The van der Waals surface area contributed by atoms with Crippen molar-refractivity contribution in [3.8, 4) is 17.0 Å². The molecule has 0 atom stereocenters. The summed E-state index contributed by atoms with van der Waals surface area (Å²) in [6.45, 7) is 8.00. The predicted molar refractivity (Wildman–Crippen MR) is 118 cm³/mol. The van der Waals surface area contributed by atoms with Crippen LogP contribution in [-0.2, 0) is 11.3 Å². The van der Waals surface area contributed by atoms with Crippen LogP contribution in [0.3, 0.4) is 0 Å². The molecule has 1 amide bonds. The van der Waals surface area contributed by atoms with Crippen molar-refractivity contribution in [1.29, 1.82) is 0 Å². The normalized spacial score (nSPS) is 15.0.